The number of halogens is 1. The second-order valence-corrected chi connectivity index (χ2v) is 4.62. The molecule has 0 spiro atoms. The molecule has 5 heteroatoms. The molecule has 2 aromatic carbocycles. The molecule has 0 aliphatic heterocycles. The molecule has 0 aliphatic carbocycles. The Morgan fingerprint density at radius 1 is 1.19 bits per heavy atom. The maximum absolute atomic E-state index is 9.49. The van der Waals surface area contributed by atoms with Crippen molar-refractivity contribution in [1.82, 2.24) is 0 Å². The van der Waals surface area contributed by atoms with Gasteiger partial charge in [-0.25, -0.2) is 0 Å². The Bertz CT molecular complexity index is 577. The summed E-state index contributed by atoms with van der Waals surface area (Å²) in [6.07, 6.45) is 2.41. The lowest BCUT2D eigenvalue weighted by atomic mass is 10.1. The van der Waals surface area contributed by atoms with Crippen LogP contribution in [-0.4, -0.2) is 17.9 Å². The maximum Gasteiger partial charge on any atom is 0.123 e. The molecular weight excluding hydrogens is 288 g/mol. The minimum atomic E-state index is 0. The van der Waals surface area contributed by atoms with Gasteiger partial charge in [-0.3, -0.25) is 0 Å². The summed E-state index contributed by atoms with van der Waals surface area (Å²) >= 11 is 0. The van der Waals surface area contributed by atoms with Crippen LogP contribution in [-0.2, 0) is 6.42 Å². The van der Waals surface area contributed by atoms with Crippen LogP contribution in [0.3, 0.4) is 0 Å². The van der Waals surface area contributed by atoms with Gasteiger partial charge in [0.1, 0.15) is 11.5 Å². The van der Waals surface area contributed by atoms with E-state index >= 15 is 0 Å². The minimum absolute atomic E-state index is 0. The van der Waals surface area contributed by atoms with Crippen molar-refractivity contribution in [3.8, 4) is 11.5 Å². The van der Waals surface area contributed by atoms with Crippen molar-refractivity contribution in [2.24, 2.45) is 10.9 Å². The molecule has 0 saturated heterocycles. The summed E-state index contributed by atoms with van der Waals surface area (Å²) in [5.74, 6) is 6.01. The van der Waals surface area contributed by atoms with E-state index in [9.17, 15) is 5.11 Å². The molecule has 0 saturated carbocycles. The third-order valence-electron chi connectivity index (χ3n) is 2.90. The number of phenols is 1. The highest BCUT2D eigenvalue weighted by molar-refractivity contribution is 5.85. The van der Waals surface area contributed by atoms with Crippen LogP contribution < -0.4 is 10.6 Å². The monoisotopic (exact) mass is 306 g/mol. The molecule has 0 fully saturated rings. The third-order valence-corrected chi connectivity index (χ3v) is 2.90. The second-order valence-electron chi connectivity index (χ2n) is 4.62. The predicted molar refractivity (Wildman–Crippen MR) is 87.5 cm³/mol. The molecule has 0 radical (unpaired) electrons. The van der Waals surface area contributed by atoms with Gasteiger partial charge < -0.3 is 15.7 Å². The van der Waals surface area contributed by atoms with Crippen LogP contribution in [0.15, 0.2) is 47.6 Å². The number of aromatic hydroxyl groups is 1. The first-order valence-electron chi connectivity index (χ1n) is 6.43. The third kappa shape index (κ3) is 5.36. The van der Waals surface area contributed by atoms with Gasteiger partial charge in [0.25, 0.3) is 0 Å². The number of hydrogen-bond donors (Lipinski definition) is 2. The average Bonchev–Trinajstić information content (AvgIpc) is 2.40. The molecule has 3 N–H and O–H groups in total. The van der Waals surface area contributed by atoms with E-state index in [1.54, 1.807) is 18.3 Å². The Kier molecular flexibility index (Phi) is 6.56. The lowest BCUT2D eigenvalue weighted by molar-refractivity contribution is 0.319. The number of aryl methyl sites for hydroxylation is 1. The molecule has 0 unspecified atom stereocenters. The van der Waals surface area contributed by atoms with Crippen molar-refractivity contribution in [2.45, 2.75) is 13.3 Å². The van der Waals surface area contributed by atoms with E-state index in [4.69, 9.17) is 10.6 Å². The Hall–Kier alpha value is -2.20. The van der Waals surface area contributed by atoms with Crippen LogP contribution in [0.25, 0.3) is 0 Å². The molecule has 0 amide bonds. The van der Waals surface area contributed by atoms with Crippen molar-refractivity contribution in [3.05, 3.63) is 59.2 Å². The highest BCUT2D eigenvalue weighted by Gasteiger charge is 1.99. The number of rotatable bonds is 5. The van der Waals surface area contributed by atoms with Gasteiger partial charge in [0.15, 0.2) is 0 Å². The molecular formula is C16H19ClN2O2. The van der Waals surface area contributed by atoms with Crippen molar-refractivity contribution < 1.29 is 9.84 Å². The minimum Gasteiger partial charge on any atom is -0.508 e. The number of nitrogens with two attached hydrogens (primary N) is 1. The van der Waals surface area contributed by atoms with Crippen LogP contribution in [0.1, 0.15) is 16.7 Å². The summed E-state index contributed by atoms with van der Waals surface area (Å²) in [6, 6.07) is 13.2. The molecule has 2 aromatic rings. The summed E-state index contributed by atoms with van der Waals surface area (Å²) in [5.41, 5.74) is 3.13. The average molecular weight is 307 g/mol. The van der Waals surface area contributed by atoms with Gasteiger partial charge in [-0.2, -0.15) is 5.10 Å². The van der Waals surface area contributed by atoms with Crippen LogP contribution in [0.5, 0.6) is 11.5 Å². The van der Waals surface area contributed by atoms with Crippen LogP contribution in [0.4, 0.5) is 0 Å². The molecule has 0 aliphatic rings. The quantitative estimate of drug-likeness (QED) is 0.507. The van der Waals surface area contributed by atoms with Crippen LogP contribution >= 0.6 is 12.4 Å². The van der Waals surface area contributed by atoms with Gasteiger partial charge in [-0.05, 0) is 35.7 Å². The fourth-order valence-electron chi connectivity index (χ4n) is 1.95. The first-order valence-corrected chi connectivity index (χ1v) is 6.43. The number of hydrogen-bond acceptors (Lipinski definition) is 4. The van der Waals surface area contributed by atoms with Gasteiger partial charge in [0, 0.05) is 12.5 Å². The topological polar surface area (TPSA) is 67.8 Å². The number of phenolic OH excluding ortho intramolecular Hbond substituents is 1. The molecule has 2 rings (SSSR count). The zero-order chi connectivity index (χ0) is 14.4. The Morgan fingerprint density at radius 3 is 2.52 bits per heavy atom. The lowest BCUT2D eigenvalue weighted by Gasteiger charge is -2.08. The number of ether oxygens (including phenoxy) is 1. The van der Waals surface area contributed by atoms with Gasteiger partial charge >= 0.3 is 0 Å². The second kappa shape index (κ2) is 8.17. The lowest BCUT2D eigenvalue weighted by Crippen LogP contribution is -2.01. The molecule has 21 heavy (non-hydrogen) atoms. The summed E-state index contributed by atoms with van der Waals surface area (Å²) in [6.45, 7) is 2.48. The zero-order valence-electron chi connectivity index (χ0n) is 11.8. The normalized spacial score (nSPS) is 10.3. The van der Waals surface area contributed by atoms with Crippen molar-refractivity contribution in [1.29, 1.82) is 0 Å². The first kappa shape index (κ1) is 16.9. The van der Waals surface area contributed by atoms with Gasteiger partial charge in [0.2, 0.25) is 0 Å². The first-order chi connectivity index (χ1) is 9.67. The molecule has 112 valence electrons. The van der Waals surface area contributed by atoms with E-state index in [-0.39, 0.29) is 18.2 Å². The smallest absolute Gasteiger partial charge is 0.123 e. The van der Waals surface area contributed by atoms with Gasteiger partial charge in [-0.15, -0.1) is 12.4 Å². The van der Waals surface area contributed by atoms with Crippen molar-refractivity contribution in [3.63, 3.8) is 0 Å². The highest BCUT2D eigenvalue weighted by Crippen LogP contribution is 2.21. The molecule has 0 atom stereocenters. The van der Waals surface area contributed by atoms with Crippen molar-refractivity contribution in [2.75, 3.05) is 6.61 Å². The van der Waals surface area contributed by atoms with Crippen molar-refractivity contribution >= 4 is 18.6 Å². The van der Waals surface area contributed by atoms with E-state index in [2.05, 4.69) is 5.10 Å². The maximum atomic E-state index is 9.49. The Balaban J connectivity index is 0.00000220. The van der Waals surface area contributed by atoms with E-state index in [0.29, 0.717) is 12.4 Å². The van der Waals surface area contributed by atoms with E-state index < -0.39 is 0 Å². The predicted octanol–water partition coefficient (Wildman–Crippen LogP) is 3.04. The summed E-state index contributed by atoms with van der Waals surface area (Å²) in [5, 5.41) is 13.0. The fourth-order valence-corrected chi connectivity index (χ4v) is 1.95. The van der Waals surface area contributed by atoms with Gasteiger partial charge in [0.05, 0.1) is 12.8 Å². The largest absolute Gasteiger partial charge is 0.508 e. The highest BCUT2D eigenvalue weighted by atomic mass is 35.5. The molecule has 4 nitrogen and oxygen atoms in total. The van der Waals surface area contributed by atoms with Gasteiger partial charge in [-0.1, -0.05) is 24.3 Å². The molecule has 0 aromatic heterocycles. The Labute approximate surface area is 130 Å². The Morgan fingerprint density at radius 2 is 1.90 bits per heavy atom. The van der Waals surface area contributed by atoms with Crippen LogP contribution in [0, 0.1) is 6.92 Å². The van der Waals surface area contributed by atoms with Crippen LogP contribution in [0.2, 0.25) is 0 Å². The SMILES string of the molecule is Cc1cc(O)cc(OCCc2ccc(/C=N\N)cc2)c1.Cl. The fraction of sp³-hybridized carbons (Fsp3) is 0.188. The standard InChI is InChI=1S/C16H18N2O2.ClH/c1-12-8-15(19)10-16(9-12)20-7-6-13-2-4-14(5-3-13)11-18-17;/h2-5,8-11,19H,6-7,17H2,1H3;1H/b18-11-;. The molecule has 0 heterocycles. The number of nitrogens with zero attached hydrogens (tertiary/aromatic N) is 1. The summed E-state index contributed by atoms with van der Waals surface area (Å²) in [7, 11) is 0. The van der Waals surface area contributed by atoms with E-state index in [1.165, 1.54) is 5.56 Å². The number of hydrazone groups is 1. The number of benzene rings is 2. The summed E-state index contributed by atoms with van der Waals surface area (Å²) < 4.78 is 5.64. The van der Waals surface area contributed by atoms with E-state index in [1.807, 2.05) is 37.3 Å². The molecule has 0 bridgehead atoms. The zero-order valence-corrected chi connectivity index (χ0v) is 12.6. The van der Waals surface area contributed by atoms with E-state index in [0.717, 1.165) is 17.5 Å². The summed E-state index contributed by atoms with van der Waals surface area (Å²) in [4.78, 5) is 0.